The van der Waals surface area contributed by atoms with Gasteiger partial charge in [-0.3, -0.25) is 9.59 Å². The summed E-state index contributed by atoms with van der Waals surface area (Å²) in [6.45, 7) is 4.19. The van der Waals surface area contributed by atoms with Crippen molar-refractivity contribution >= 4 is 23.0 Å². The molecule has 1 fully saturated rings. The zero-order chi connectivity index (χ0) is 12.4. The topological polar surface area (TPSA) is 50.3 Å². The molecule has 1 aliphatic rings. The van der Waals surface area contributed by atoms with Gasteiger partial charge < -0.3 is 4.90 Å². The number of amides is 1. The van der Waals surface area contributed by atoms with Crippen molar-refractivity contribution in [1.82, 2.24) is 9.88 Å². The van der Waals surface area contributed by atoms with Crippen LogP contribution in [0.3, 0.4) is 0 Å². The lowest BCUT2D eigenvalue weighted by Gasteiger charge is -2.23. The molecule has 1 atom stereocenters. The summed E-state index contributed by atoms with van der Waals surface area (Å²) in [5.74, 6) is 0.185. The van der Waals surface area contributed by atoms with Crippen molar-refractivity contribution < 1.29 is 9.59 Å². The van der Waals surface area contributed by atoms with E-state index in [1.54, 1.807) is 12.4 Å². The second-order valence-corrected chi connectivity index (χ2v) is 5.32. The summed E-state index contributed by atoms with van der Waals surface area (Å²) in [5.41, 5.74) is 2.48. The summed E-state index contributed by atoms with van der Waals surface area (Å²) >= 11 is 1.38. The van der Waals surface area contributed by atoms with E-state index < -0.39 is 0 Å². The molecule has 2 heterocycles. The van der Waals surface area contributed by atoms with Crippen molar-refractivity contribution in [2.75, 3.05) is 6.54 Å². The largest absolute Gasteiger partial charge is 0.334 e. The number of carbonyl (C=O) groups excluding carboxylic acids is 2. The van der Waals surface area contributed by atoms with Crippen molar-refractivity contribution in [3.05, 3.63) is 16.1 Å². The molecule has 0 aromatic carbocycles. The molecule has 5 heteroatoms. The van der Waals surface area contributed by atoms with Crippen LogP contribution in [0.25, 0.3) is 0 Å². The van der Waals surface area contributed by atoms with Crippen molar-refractivity contribution in [2.45, 2.75) is 39.2 Å². The van der Waals surface area contributed by atoms with Crippen LogP contribution in [0.15, 0.2) is 5.51 Å². The first-order valence-corrected chi connectivity index (χ1v) is 6.68. The Morgan fingerprint density at radius 3 is 2.94 bits per heavy atom. The van der Waals surface area contributed by atoms with Crippen LogP contribution in [0.4, 0.5) is 0 Å². The first-order valence-electron chi connectivity index (χ1n) is 5.80. The van der Waals surface area contributed by atoms with Crippen LogP contribution < -0.4 is 0 Å². The molecule has 2 rings (SSSR count). The van der Waals surface area contributed by atoms with Gasteiger partial charge >= 0.3 is 0 Å². The number of rotatable bonds is 3. The lowest BCUT2D eigenvalue weighted by molar-refractivity contribution is -0.117. The van der Waals surface area contributed by atoms with Crippen LogP contribution in [0.2, 0.25) is 0 Å². The number of carbonyl (C=O) groups is 2. The Hall–Kier alpha value is -1.23. The van der Waals surface area contributed by atoms with Gasteiger partial charge in [0.15, 0.2) is 0 Å². The molecule has 0 aliphatic carbocycles. The first kappa shape index (κ1) is 12.2. The molecule has 1 aromatic rings. The Bertz CT molecular complexity index is 441. The first-order chi connectivity index (χ1) is 8.09. The van der Waals surface area contributed by atoms with Crippen LogP contribution >= 0.6 is 11.3 Å². The van der Waals surface area contributed by atoms with Crippen molar-refractivity contribution in [3.8, 4) is 0 Å². The third-order valence-corrected chi connectivity index (χ3v) is 4.02. The summed E-state index contributed by atoms with van der Waals surface area (Å²) in [6.07, 6.45) is 2.40. The molecule has 1 saturated heterocycles. The lowest BCUT2D eigenvalue weighted by Crippen LogP contribution is -2.36. The van der Waals surface area contributed by atoms with E-state index in [4.69, 9.17) is 0 Å². The predicted octanol–water partition coefficient (Wildman–Crippen LogP) is 2.04. The van der Waals surface area contributed by atoms with E-state index in [0.29, 0.717) is 11.3 Å². The molecule has 0 bridgehead atoms. The molecule has 17 heavy (non-hydrogen) atoms. The van der Waals surface area contributed by atoms with Crippen LogP contribution in [0, 0.1) is 6.92 Å². The van der Waals surface area contributed by atoms with E-state index in [9.17, 15) is 9.59 Å². The summed E-state index contributed by atoms with van der Waals surface area (Å²) in [6, 6.07) is 0.0847. The number of hydrogen-bond acceptors (Lipinski definition) is 4. The number of nitrogens with zero attached hydrogens (tertiary/aromatic N) is 2. The SMILES string of the molecule is CC(=O)CC1CCCN1C(=O)c1scnc1C. The molecule has 92 valence electrons. The fourth-order valence-electron chi connectivity index (χ4n) is 2.28. The maximum atomic E-state index is 12.3. The zero-order valence-electron chi connectivity index (χ0n) is 10.1. The molecule has 0 radical (unpaired) electrons. The van der Waals surface area contributed by atoms with Gasteiger partial charge in [0.2, 0.25) is 0 Å². The Kier molecular flexibility index (Phi) is 3.57. The predicted molar refractivity (Wildman–Crippen MR) is 66.2 cm³/mol. The molecular weight excluding hydrogens is 236 g/mol. The standard InChI is InChI=1S/C12H16N2O2S/c1-8(15)6-10-4-3-5-14(10)12(16)11-9(2)13-7-17-11/h7,10H,3-6H2,1-2H3. The minimum absolute atomic E-state index is 0.0359. The van der Waals surface area contributed by atoms with E-state index in [-0.39, 0.29) is 17.7 Å². The highest BCUT2D eigenvalue weighted by atomic mass is 32.1. The van der Waals surface area contributed by atoms with Gasteiger partial charge in [-0.2, -0.15) is 0 Å². The molecule has 4 nitrogen and oxygen atoms in total. The normalized spacial score (nSPS) is 19.6. The number of likely N-dealkylation sites (tertiary alicyclic amines) is 1. The average Bonchev–Trinajstić information content (AvgIpc) is 2.85. The number of aromatic nitrogens is 1. The second-order valence-electron chi connectivity index (χ2n) is 4.47. The van der Waals surface area contributed by atoms with Gasteiger partial charge in [-0.15, -0.1) is 11.3 Å². The lowest BCUT2D eigenvalue weighted by atomic mass is 10.1. The summed E-state index contributed by atoms with van der Waals surface area (Å²) in [5, 5.41) is 0. The Morgan fingerprint density at radius 2 is 2.35 bits per heavy atom. The highest BCUT2D eigenvalue weighted by Crippen LogP contribution is 2.25. The van der Waals surface area contributed by atoms with Gasteiger partial charge in [0.25, 0.3) is 5.91 Å². The monoisotopic (exact) mass is 252 g/mol. The van der Waals surface area contributed by atoms with Gasteiger partial charge in [-0.25, -0.2) is 4.98 Å². The van der Waals surface area contributed by atoms with E-state index in [1.807, 2.05) is 11.8 Å². The molecule has 1 aliphatic heterocycles. The minimum atomic E-state index is 0.0359. The fraction of sp³-hybridized carbons (Fsp3) is 0.583. The van der Waals surface area contributed by atoms with E-state index in [2.05, 4.69) is 4.98 Å². The van der Waals surface area contributed by atoms with Gasteiger partial charge in [0, 0.05) is 19.0 Å². The van der Waals surface area contributed by atoms with Crippen molar-refractivity contribution in [2.24, 2.45) is 0 Å². The molecule has 1 amide bonds. The Balaban J connectivity index is 2.14. The molecule has 0 N–H and O–H groups in total. The molecular formula is C12H16N2O2S. The van der Waals surface area contributed by atoms with E-state index in [1.165, 1.54) is 11.3 Å². The highest BCUT2D eigenvalue weighted by molar-refractivity contribution is 7.11. The van der Waals surface area contributed by atoms with E-state index in [0.717, 1.165) is 25.1 Å². The maximum Gasteiger partial charge on any atom is 0.266 e. The van der Waals surface area contributed by atoms with Crippen LogP contribution in [0.1, 0.15) is 41.6 Å². The number of Topliss-reactive ketones (excluding diaryl/α,β-unsaturated/α-hetero) is 1. The smallest absolute Gasteiger partial charge is 0.266 e. The summed E-state index contributed by atoms with van der Waals surface area (Å²) in [4.78, 5) is 30.1. The quantitative estimate of drug-likeness (QED) is 0.827. The maximum absolute atomic E-state index is 12.3. The third-order valence-electron chi connectivity index (χ3n) is 3.10. The average molecular weight is 252 g/mol. The second kappa shape index (κ2) is 4.96. The summed E-state index contributed by atoms with van der Waals surface area (Å²) < 4.78 is 0. The molecule has 1 unspecified atom stereocenters. The van der Waals surface area contributed by atoms with Crippen LogP contribution in [-0.4, -0.2) is 34.2 Å². The molecule has 0 spiro atoms. The van der Waals surface area contributed by atoms with Crippen molar-refractivity contribution in [3.63, 3.8) is 0 Å². The third kappa shape index (κ3) is 2.54. The number of hydrogen-bond donors (Lipinski definition) is 0. The minimum Gasteiger partial charge on any atom is -0.334 e. The van der Waals surface area contributed by atoms with E-state index >= 15 is 0 Å². The van der Waals surface area contributed by atoms with Crippen molar-refractivity contribution in [1.29, 1.82) is 0 Å². The van der Waals surface area contributed by atoms with Crippen LogP contribution in [-0.2, 0) is 4.79 Å². The number of ketones is 1. The molecule has 1 aromatic heterocycles. The fourth-order valence-corrected chi connectivity index (χ4v) is 3.04. The van der Waals surface area contributed by atoms with Gasteiger partial charge in [0.05, 0.1) is 11.2 Å². The van der Waals surface area contributed by atoms with Gasteiger partial charge in [-0.1, -0.05) is 0 Å². The highest BCUT2D eigenvalue weighted by Gasteiger charge is 2.31. The van der Waals surface area contributed by atoms with Gasteiger partial charge in [-0.05, 0) is 26.7 Å². The number of aryl methyl sites for hydroxylation is 1. The van der Waals surface area contributed by atoms with Crippen LogP contribution in [0.5, 0.6) is 0 Å². The van der Waals surface area contributed by atoms with Gasteiger partial charge in [0.1, 0.15) is 10.7 Å². The molecule has 0 saturated carbocycles. The zero-order valence-corrected chi connectivity index (χ0v) is 10.9. The Labute approximate surface area is 105 Å². The number of thiazole rings is 1. The Morgan fingerprint density at radius 1 is 1.59 bits per heavy atom. The summed E-state index contributed by atoms with van der Waals surface area (Å²) in [7, 11) is 0.